The van der Waals surface area contributed by atoms with Crippen LogP contribution in [0.1, 0.15) is 27.3 Å². The summed E-state index contributed by atoms with van der Waals surface area (Å²) in [5.74, 6) is 0.819. The molecule has 0 radical (unpaired) electrons. The molecule has 3 aromatic rings. The molecule has 0 saturated heterocycles. The van der Waals surface area contributed by atoms with Gasteiger partial charge in [0.25, 0.3) is 5.91 Å². The summed E-state index contributed by atoms with van der Waals surface area (Å²) >= 11 is 0. The van der Waals surface area contributed by atoms with Crippen LogP contribution in [0.15, 0.2) is 36.4 Å². The summed E-state index contributed by atoms with van der Waals surface area (Å²) < 4.78 is 10.5. The van der Waals surface area contributed by atoms with Crippen LogP contribution in [0.25, 0.3) is 5.69 Å². The smallest absolute Gasteiger partial charge is 0.278 e. The highest BCUT2D eigenvalue weighted by Gasteiger charge is 2.18. The van der Waals surface area contributed by atoms with Crippen molar-refractivity contribution in [1.82, 2.24) is 15.0 Å². The van der Waals surface area contributed by atoms with E-state index >= 15 is 0 Å². The lowest BCUT2D eigenvalue weighted by Crippen LogP contribution is -2.14. The van der Waals surface area contributed by atoms with Crippen molar-refractivity contribution in [3.8, 4) is 17.2 Å². The van der Waals surface area contributed by atoms with Gasteiger partial charge in [-0.25, -0.2) is 0 Å². The van der Waals surface area contributed by atoms with E-state index in [1.54, 1.807) is 39.3 Å². The van der Waals surface area contributed by atoms with E-state index in [4.69, 9.17) is 9.47 Å². The second kappa shape index (κ2) is 7.49. The summed E-state index contributed by atoms with van der Waals surface area (Å²) in [4.78, 5) is 14.2. The van der Waals surface area contributed by atoms with Crippen molar-refractivity contribution in [3.63, 3.8) is 0 Å². The number of rotatable bonds is 5. The van der Waals surface area contributed by atoms with Crippen molar-refractivity contribution >= 4 is 11.6 Å². The van der Waals surface area contributed by atoms with Gasteiger partial charge in [0.2, 0.25) is 0 Å². The molecule has 3 rings (SSSR count). The lowest BCUT2D eigenvalue weighted by Gasteiger charge is -2.09. The summed E-state index contributed by atoms with van der Waals surface area (Å²) in [6, 6.07) is 11.1. The molecule has 0 fully saturated rings. The standard InChI is InChI=1S/C20H22N4O3/c1-12-6-7-18(13(2)8-12)24-22-14(3)19(23-24)20(25)21-15-9-16(26-4)11-17(10-15)27-5/h6-11H,1-5H3,(H,21,25). The Morgan fingerprint density at radius 1 is 0.963 bits per heavy atom. The molecule has 27 heavy (non-hydrogen) atoms. The molecule has 1 amide bonds. The lowest BCUT2D eigenvalue weighted by atomic mass is 10.1. The van der Waals surface area contributed by atoms with Gasteiger partial charge >= 0.3 is 0 Å². The molecule has 0 atom stereocenters. The number of carbonyl (C=O) groups is 1. The second-order valence-electron chi connectivity index (χ2n) is 6.27. The number of hydrogen-bond donors (Lipinski definition) is 1. The summed E-state index contributed by atoms with van der Waals surface area (Å²) in [5, 5.41) is 11.6. The molecule has 7 nitrogen and oxygen atoms in total. The van der Waals surface area contributed by atoms with Crippen LogP contribution in [0.4, 0.5) is 5.69 Å². The van der Waals surface area contributed by atoms with Crippen LogP contribution < -0.4 is 14.8 Å². The molecule has 0 unspecified atom stereocenters. The Balaban J connectivity index is 1.89. The highest BCUT2D eigenvalue weighted by molar-refractivity contribution is 6.03. The van der Waals surface area contributed by atoms with Gasteiger partial charge in [-0.15, -0.1) is 5.10 Å². The third kappa shape index (κ3) is 3.92. The fourth-order valence-electron chi connectivity index (χ4n) is 2.80. The third-order valence-electron chi connectivity index (χ3n) is 4.17. The molecule has 0 aliphatic rings. The number of nitrogens with one attached hydrogen (secondary N) is 1. The molecule has 7 heteroatoms. The number of amides is 1. The maximum absolute atomic E-state index is 12.7. The fraction of sp³-hybridized carbons (Fsp3) is 0.250. The van der Waals surface area contributed by atoms with Gasteiger partial charge in [-0.2, -0.15) is 9.90 Å². The van der Waals surface area contributed by atoms with Crippen LogP contribution in [0.3, 0.4) is 0 Å². The SMILES string of the molecule is COc1cc(NC(=O)c2nn(-c3ccc(C)cc3C)nc2C)cc(OC)c1. The van der Waals surface area contributed by atoms with E-state index in [1.807, 2.05) is 26.0 Å². The van der Waals surface area contributed by atoms with Gasteiger partial charge in [0.05, 0.1) is 25.6 Å². The minimum atomic E-state index is -0.348. The third-order valence-corrected chi connectivity index (χ3v) is 4.17. The molecule has 1 N–H and O–H groups in total. The summed E-state index contributed by atoms with van der Waals surface area (Å²) in [5.41, 5.74) is 4.39. The number of aromatic nitrogens is 3. The molecule has 1 aromatic heterocycles. The van der Waals surface area contributed by atoms with Crippen molar-refractivity contribution in [3.05, 3.63) is 58.9 Å². The van der Waals surface area contributed by atoms with Crippen molar-refractivity contribution in [2.75, 3.05) is 19.5 Å². The Morgan fingerprint density at radius 3 is 2.22 bits per heavy atom. The fourth-order valence-corrected chi connectivity index (χ4v) is 2.80. The zero-order valence-corrected chi connectivity index (χ0v) is 16.0. The topological polar surface area (TPSA) is 78.3 Å². The summed E-state index contributed by atoms with van der Waals surface area (Å²) in [6.07, 6.45) is 0. The first-order valence-corrected chi connectivity index (χ1v) is 8.47. The van der Waals surface area contributed by atoms with Crippen molar-refractivity contribution in [2.45, 2.75) is 20.8 Å². The molecule has 1 heterocycles. The van der Waals surface area contributed by atoms with Crippen LogP contribution in [0.5, 0.6) is 11.5 Å². The molecular formula is C20H22N4O3. The van der Waals surface area contributed by atoms with Crippen LogP contribution in [0, 0.1) is 20.8 Å². The molecule has 0 saturated carbocycles. The number of nitrogens with zero attached hydrogens (tertiary/aromatic N) is 3. The predicted molar refractivity (Wildman–Crippen MR) is 103 cm³/mol. The Morgan fingerprint density at radius 2 is 1.63 bits per heavy atom. The monoisotopic (exact) mass is 366 g/mol. The highest BCUT2D eigenvalue weighted by Crippen LogP contribution is 2.26. The normalized spacial score (nSPS) is 10.6. The highest BCUT2D eigenvalue weighted by atomic mass is 16.5. The lowest BCUT2D eigenvalue weighted by molar-refractivity contribution is 0.102. The van der Waals surface area contributed by atoms with Crippen LogP contribution in [-0.2, 0) is 0 Å². The van der Waals surface area contributed by atoms with Gasteiger partial charge in [-0.3, -0.25) is 4.79 Å². The Kier molecular flexibility index (Phi) is 5.12. The zero-order chi connectivity index (χ0) is 19.6. The van der Waals surface area contributed by atoms with Gasteiger partial charge in [0.1, 0.15) is 11.5 Å². The Bertz CT molecular complexity index is 973. The number of methoxy groups -OCH3 is 2. The minimum Gasteiger partial charge on any atom is -0.497 e. The molecule has 0 bridgehead atoms. The molecule has 0 aliphatic heterocycles. The van der Waals surface area contributed by atoms with E-state index in [0.29, 0.717) is 22.9 Å². The van der Waals surface area contributed by atoms with E-state index in [9.17, 15) is 4.79 Å². The first-order valence-electron chi connectivity index (χ1n) is 8.47. The Labute approximate surface area is 157 Å². The quantitative estimate of drug-likeness (QED) is 0.748. The Hall–Kier alpha value is -3.35. The first-order chi connectivity index (χ1) is 12.9. The predicted octanol–water partition coefficient (Wildman–Crippen LogP) is 3.46. The first kappa shape index (κ1) is 18.4. The summed E-state index contributed by atoms with van der Waals surface area (Å²) in [6.45, 7) is 5.78. The van der Waals surface area contributed by atoms with E-state index < -0.39 is 0 Å². The van der Waals surface area contributed by atoms with Gasteiger partial charge in [-0.05, 0) is 32.4 Å². The van der Waals surface area contributed by atoms with Crippen LogP contribution in [-0.4, -0.2) is 35.1 Å². The number of carbonyl (C=O) groups excluding carboxylic acids is 1. The van der Waals surface area contributed by atoms with Gasteiger partial charge in [-0.1, -0.05) is 17.7 Å². The zero-order valence-electron chi connectivity index (χ0n) is 16.0. The summed E-state index contributed by atoms with van der Waals surface area (Å²) in [7, 11) is 3.11. The van der Waals surface area contributed by atoms with Crippen LogP contribution >= 0.6 is 0 Å². The second-order valence-corrected chi connectivity index (χ2v) is 6.27. The van der Waals surface area contributed by atoms with E-state index in [1.165, 1.54) is 4.80 Å². The van der Waals surface area contributed by atoms with E-state index in [-0.39, 0.29) is 11.6 Å². The average molecular weight is 366 g/mol. The maximum Gasteiger partial charge on any atom is 0.278 e. The molecule has 0 aliphatic carbocycles. The minimum absolute atomic E-state index is 0.261. The maximum atomic E-state index is 12.7. The van der Waals surface area contributed by atoms with E-state index in [0.717, 1.165) is 16.8 Å². The van der Waals surface area contributed by atoms with Gasteiger partial charge < -0.3 is 14.8 Å². The van der Waals surface area contributed by atoms with Crippen molar-refractivity contribution in [1.29, 1.82) is 0 Å². The average Bonchev–Trinajstić information content (AvgIpc) is 3.02. The van der Waals surface area contributed by atoms with Gasteiger partial charge in [0.15, 0.2) is 5.69 Å². The molecule has 2 aromatic carbocycles. The number of hydrogen-bond acceptors (Lipinski definition) is 5. The molecular weight excluding hydrogens is 344 g/mol. The number of benzene rings is 2. The molecule has 140 valence electrons. The number of ether oxygens (including phenoxy) is 2. The van der Waals surface area contributed by atoms with Gasteiger partial charge in [0, 0.05) is 23.9 Å². The largest absolute Gasteiger partial charge is 0.497 e. The number of aryl methyl sites for hydroxylation is 3. The number of anilines is 1. The van der Waals surface area contributed by atoms with E-state index in [2.05, 4.69) is 21.6 Å². The van der Waals surface area contributed by atoms with Crippen LogP contribution in [0.2, 0.25) is 0 Å². The molecule has 0 spiro atoms. The van der Waals surface area contributed by atoms with Crippen molar-refractivity contribution < 1.29 is 14.3 Å². The van der Waals surface area contributed by atoms with Crippen molar-refractivity contribution in [2.24, 2.45) is 0 Å².